The Labute approximate surface area is 119 Å². The Morgan fingerprint density at radius 2 is 1.95 bits per heavy atom. The number of hydrogen-bond acceptors (Lipinski definition) is 3. The van der Waals surface area contributed by atoms with Crippen LogP contribution in [0.15, 0.2) is 24.3 Å². The average Bonchev–Trinajstić information content (AvgIpc) is 2.63. The maximum absolute atomic E-state index is 12.6. The third-order valence-electron chi connectivity index (χ3n) is 3.23. The Kier molecular flexibility index (Phi) is 3.93. The minimum atomic E-state index is -4.45. The zero-order valence-corrected chi connectivity index (χ0v) is 11.6. The summed E-state index contributed by atoms with van der Waals surface area (Å²) >= 11 is 0. The summed E-state index contributed by atoms with van der Waals surface area (Å²) in [5.41, 5.74) is -0.633. The number of rotatable bonds is 3. The summed E-state index contributed by atoms with van der Waals surface area (Å²) in [6.07, 6.45) is -4.50. The van der Waals surface area contributed by atoms with Gasteiger partial charge in [-0.25, -0.2) is 0 Å². The number of alkyl halides is 3. The highest BCUT2D eigenvalue weighted by Crippen LogP contribution is 2.31. The van der Waals surface area contributed by atoms with Gasteiger partial charge in [0.25, 0.3) is 5.91 Å². The first-order valence-electron chi connectivity index (χ1n) is 6.50. The van der Waals surface area contributed by atoms with Crippen molar-refractivity contribution in [2.45, 2.75) is 38.5 Å². The number of imide groups is 1. The van der Waals surface area contributed by atoms with E-state index in [1.54, 1.807) is 13.8 Å². The summed E-state index contributed by atoms with van der Waals surface area (Å²) in [6, 6.07) is 3.49. The van der Waals surface area contributed by atoms with Crippen LogP contribution >= 0.6 is 0 Å². The zero-order chi connectivity index (χ0) is 15.8. The van der Waals surface area contributed by atoms with E-state index in [4.69, 9.17) is 0 Å². The first kappa shape index (κ1) is 15.3. The lowest BCUT2D eigenvalue weighted by Crippen LogP contribution is -2.39. The van der Waals surface area contributed by atoms with Gasteiger partial charge >= 0.3 is 6.18 Å². The molecule has 0 radical (unpaired) electrons. The van der Waals surface area contributed by atoms with Crippen molar-refractivity contribution >= 4 is 17.5 Å². The van der Waals surface area contributed by atoms with Crippen LogP contribution < -0.4 is 5.32 Å². The van der Waals surface area contributed by atoms with E-state index in [-0.39, 0.29) is 24.1 Å². The van der Waals surface area contributed by atoms with Crippen molar-refractivity contribution in [1.29, 1.82) is 0 Å². The SMILES string of the molecule is CC(C)N1C(=O)CC(Nc2cccc(C(F)(F)F)c2)C1=O. The molecule has 1 aromatic rings. The molecule has 21 heavy (non-hydrogen) atoms. The minimum Gasteiger partial charge on any atom is -0.373 e. The predicted molar refractivity (Wildman–Crippen MR) is 70.5 cm³/mol. The Bertz CT molecular complexity index is 570. The zero-order valence-electron chi connectivity index (χ0n) is 11.6. The van der Waals surface area contributed by atoms with Crippen molar-refractivity contribution in [1.82, 2.24) is 4.90 Å². The fourth-order valence-corrected chi connectivity index (χ4v) is 2.29. The van der Waals surface area contributed by atoms with E-state index >= 15 is 0 Å². The summed E-state index contributed by atoms with van der Waals surface area (Å²) in [7, 11) is 0. The predicted octanol–water partition coefficient (Wildman–Crippen LogP) is 2.65. The molecule has 1 saturated heterocycles. The molecule has 0 aliphatic carbocycles. The standard InChI is InChI=1S/C14H15F3N2O2/c1-8(2)19-12(20)7-11(13(19)21)18-10-5-3-4-9(6-10)14(15,16)17/h3-6,8,11,18H,7H2,1-2H3. The number of halogens is 3. The molecule has 1 unspecified atom stereocenters. The van der Waals surface area contributed by atoms with Crippen molar-refractivity contribution in [2.75, 3.05) is 5.32 Å². The highest BCUT2D eigenvalue weighted by atomic mass is 19.4. The number of nitrogens with one attached hydrogen (secondary N) is 1. The van der Waals surface area contributed by atoms with Gasteiger partial charge in [-0.2, -0.15) is 13.2 Å². The number of amides is 2. The third-order valence-corrected chi connectivity index (χ3v) is 3.23. The van der Waals surface area contributed by atoms with E-state index in [2.05, 4.69) is 5.32 Å². The second-order valence-electron chi connectivity index (χ2n) is 5.18. The van der Waals surface area contributed by atoms with E-state index in [1.807, 2.05) is 0 Å². The van der Waals surface area contributed by atoms with Crippen molar-refractivity contribution in [3.63, 3.8) is 0 Å². The third kappa shape index (κ3) is 3.17. The lowest BCUT2D eigenvalue weighted by atomic mass is 10.1. The van der Waals surface area contributed by atoms with Crippen LogP contribution in [0.2, 0.25) is 0 Å². The van der Waals surface area contributed by atoms with Gasteiger partial charge in [-0.15, -0.1) is 0 Å². The lowest BCUT2D eigenvalue weighted by Gasteiger charge is -2.19. The normalized spacial score (nSPS) is 19.5. The molecule has 4 nitrogen and oxygen atoms in total. The van der Waals surface area contributed by atoms with E-state index in [0.717, 1.165) is 17.0 Å². The average molecular weight is 300 g/mol. The molecule has 7 heteroatoms. The summed E-state index contributed by atoms with van der Waals surface area (Å²) < 4.78 is 37.9. The van der Waals surface area contributed by atoms with Crippen molar-refractivity contribution < 1.29 is 22.8 Å². The molecule has 1 aromatic carbocycles. The van der Waals surface area contributed by atoms with Gasteiger partial charge in [0.15, 0.2) is 0 Å². The van der Waals surface area contributed by atoms with Crippen molar-refractivity contribution in [3.8, 4) is 0 Å². The Hall–Kier alpha value is -2.05. The fraction of sp³-hybridized carbons (Fsp3) is 0.429. The number of benzene rings is 1. The smallest absolute Gasteiger partial charge is 0.373 e. The van der Waals surface area contributed by atoms with Gasteiger partial charge < -0.3 is 5.32 Å². The molecule has 0 aromatic heterocycles. The highest BCUT2D eigenvalue weighted by Gasteiger charge is 2.40. The van der Waals surface area contributed by atoms with E-state index < -0.39 is 23.7 Å². The first-order chi connectivity index (χ1) is 9.70. The molecular formula is C14H15F3N2O2. The maximum atomic E-state index is 12.6. The topological polar surface area (TPSA) is 49.4 Å². The molecule has 1 aliphatic heterocycles. The molecule has 1 aliphatic rings. The molecule has 2 amide bonds. The van der Waals surface area contributed by atoms with Gasteiger partial charge in [-0.05, 0) is 32.0 Å². The molecule has 0 spiro atoms. The van der Waals surface area contributed by atoms with Crippen LogP contribution in [0.5, 0.6) is 0 Å². The number of likely N-dealkylation sites (tertiary alicyclic amines) is 1. The van der Waals surface area contributed by atoms with Crippen LogP contribution in [0.1, 0.15) is 25.8 Å². The van der Waals surface area contributed by atoms with Gasteiger partial charge in [-0.1, -0.05) is 6.07 Å². The molecule has 0 bridgehead atoms. The summed E-state index contributed by atoms with van der Waals surface area (Å²) in [5.74, 6) is -0.730. The number of hydrogen-bond donors (Lipinski definition) is 1. The number of anilines is 1. The van der Waals surface area contributed by atoms with Crippen LogP contribution in [-0.2, 0) is 15.8 Å². The van der Waals surface area contributed by atoms with E-state index in [1.165, 1.54) is 12.1 Å². The summed E-state index contributed by atoms with van der Waals surface area (Å²) in [4.78, 5) is 24.9. The fourth-order valence-electron chi connectivity index (χ4n) is 2.29. The Balaban J connectivity index is 2.16. The molecule has 114 valence electrons. The van der Waals surface area contributed by atoms with E-state index in [0.29, 0.717) is 0 Å². The van der Waals surface area contributed by atoms with Gasteiger partial charge in [0, 0.05) is 11.7 Å². The molecule has 1 N–H and O–H groups in total. The molecular weight excluding hydrogens is 285 g/mol. The lowest BCUT2D eigenvalue weighted by molar-refractivity contribution is -0.140. The van der Waals surface area contributed by atoms with Crippen LogP contribution in [0.4, 0.5) is 18.9 Å². The second kappa shape index (κ2) is 5.38. The van der Waals surface area contributed by atoms with E-state index in [9.17, 15) is 22.8 Å². The monoisotopic (exact) mass is 300 g/mol. The maximum Gasteiger partial charge on any atom is 0.416 e. The Morgan fingerprint density at radius 3 is 2.48 bits per heavy atom. The number of nitrogens with zero attached hydrogens (tertiary/aromatic N) is 1. The van der Waals surface area contributed by atoms with Gasteiger partial charge in [0.05, 0.1) is 12.0 Å². The van der Waals surface area contributed by atoms with Crippen LogP contribution in [0.25, 0.3) is 0 Å². The number of carbonyl (C=O) groups excluding carboxylic acids is 2. The van der Waals surface area contributed by atoms with Gasteiger partial charge in [0.2, 0.25) is 5.91 Å². The highest BCUT2D eigenvalue weighted by molar-refractivity contribution is 6.07. The van der Waals surface area contributed by atoms with Crippen LogP contribution in [-0.4, -0.2) is 28.8 Å². The summed E-state index contributed by atoms with van der Waals surface area (Å²) in [6.45, 7) is 3.42. The molecule has 2 rings (SSSR count). The largest absolute Gasteiger partial charge is 0.416 e. The van der Waals surface area contributed by atoms with Crippen LogP contribution in [0.3, 0.4) is 0 Å². The first-order valence-corrected chi connectivity index (χ1v) is 6.50. The molecule has 1 fully saturated rings. The molecule has 1 atom stereocenters. The second-order valence-corrected chi connectivity index (χ2v) is 5.18. The Morgan fingerprint density at radius 1 is 1.29 bits per heavy atom. The molecule has 1 heterocycles. The van der Waals surface area contributed by atoms with Gasteiger partial charge in [-0.3, -0.25) is 14.5 Å². The van der Waals surface area contributed by atoms with Crippen molar-refractivity contribution in [3.05, 3.63) is 29.8 Å². The molecule has 0 saturated carbocycles. The summed E-state index contributed by atoms with van der Waals surface area (Å²) in [5, 5.41) is 2.71. The van der Waals surface area contributed by atoms with Crippen molar-refractivity contribution in [2.24, 2.45) is 0 Å². The minimum absolute atomic E-state index is 0.0484. The quantitative estimate of drug-likeness (QED) is 0.873. The van der Waals surface area contributed by atoms with Gasteiger partial charge in [0.1, 0.15) is 6.04 Å². The number of carbonyl (C=O) groups is 2. The van der Waals surface area contributed by atoms with Crippen LogP contribution in [0, 0.1) is 0 Å².